The van der Waals surface area contributed by atoms with Crippen molar-refractivity contribution >= 4 is 5.97 Å². The summed E-state index contributed by atoms with van der Waals surface area (Å²) < 4.78 is 0. The van der Waals surface area contributed by atoms with E-state index < -0.39 is 11.9 Å². The van der Waals surface area contributed by atoms with Crippen LogP contribution in [0.3, 0.4) is 0 Å². The molecule has 0 saturated carbocycles. The molecule has 0 saturated heterocycles. The first-order chi connectivity index (χ1) is 4.54. The quantitative estimate of drug-likeness (QED) is 0.569. The topological polar surface area (TPSA) is 63.3 Å². The summed E-state index contributed by atoms with van der Waals surface area (Å²) in [5.74, 6) is -1.26. The standard InChI is InChI=1S/C7H13NO2/c1-5(7(9)10)3-4-6(2)8/h3-6H,8H2,1-2H3,(H,9,10)/b4-3+. The third-order valence-electron chi connectivity index (χ3n) is 1.09. The van der Waals surface area contributed by atoms with Gasteiger partial charge < -0.3 is 10.8 Å². The molecule has 2 unspecified atom stereocenters. The molecular formula is C7H13NO2. The van der Waals surface area contributed by atoms with Gasteiger partial charge in [0.2, 0.25) is 0 Å². The highest BCUT2D eigenvalue weighted by molar-refractivity contribution is 5.71. The maximum atomic E-state index is 10.2. The van der Waals surface area contributed by atoms with Crippen LogP contribution in [0.2, 0.25) is 0 Å². The molecule has 0 spiro atoms. The zero-order chi connectivity index (χ0) is 8.15. The van der Waals surface area contributed by atoms with E-state index in [1.807, 2.05) is 0 Å². The first kappa shape index (κ1) is 9.17. The molecule has 3 nitrogen and oxygen atoms in total. The lowest BCUT2D eigenvalue weighted by Crippen LogP contribution is -2.12. The zero-order valence-electron chi connectivity index (χ0n) is 6.24. The van der Waals surface area contributed by atoms with Crippen LogP contribution in [0.1, 0.15) is 13.8 Å². The Morgan fingerprint density at radius 2 is 2.00 bits per heavy atom. The molecule has 0 fully saturated rings. The monoisotopic (exact) mass is 143 g/mol. The molecular weight excluding hydrogens is 130 g/mol. The van der Waals surface area contributed by atoms with Gasteiger partial charge in [0.15, 0.2) is 0 Å². The summed E-state index contributed by atoms with van der Waals surface area (Å²) in [6, 6.07) is -0.0678. The van der Waals surface area contributed by atoms with E-state index in [2.05, 4.69) is 0 Å². The summed E-state index contributed by atoms with van der Waals surface area (Å²) >= 11 is 0. The molecule has 0 heterocycles. The molecule has 0 aromatic rings. The van der Waals surface area contributed by atoms with E-state index >= 15 is 0 Å². The van der Waals surface area contributed by atoms with Gasteiger partial charge in [-0.15, -0.1) is 0 Å². The first-order valence-corrected chi connectivity index (χ1v) is 3.20. The molecule has 3 heteroatoms. The van der Waals surface area contributed by atoms with Gasteiger partial charge in [0.1, 0.15) is 0 Å². The second kappa shape index (κ2) is 4.06. The number of hydrogen-bond acceptors (Lipinski definition) is 2. The highest BCUT2D eigenvalue weighted by atomic mass is 16.4. The van der Waals surface area contributed by atoms with Gasteiger partial charge in [0, 0.05) is 6.04 Å². The normalized spacial score (nSPS) is 17.1. The van der Waals surface area contributed by atoms with Crippen LogP contribution in [0, 0.1) is 5.92 Å². The SMILES string of the molecule is CC(N)/C=C/C(C)C(=O)O. The van der Waals surface area contributed by atoms with Crippen molar-refractivity contribution in [2.24, 2.45) is 11.7 Å². The van der Waals surface area contributed by atoms with E-state index in [-0.39, 0.29) is 6.04 Å². The fourth-order valence-corrected chi connectivity index (χ4v) is 0.424. The average Bonchev–Trinajstić information content (AvgIpc) is 1.82. The lowest BCUT2D eigenvalue weighted by Gasteiger charge is -1.98. The molecule has 2 atom stereocenters. The smallest absolute Gasteiger partial charge is 0.310 e. The lowest BCUT2D eigenvalue weighted by atomic mass is 10.1. The molecule has 0 aliphatic carbocycles. The van der Waals surface area contributed by atoms with E-state index in [1.54, 1.807) is 26.0 Å². The van der Waals surface area contributed by atoms with Crippen LogP contribution in [0.5, 0.6) is 0 Å². The average molecular weight is 143 g/mol. The van der Waals surface area contributed by atoms with Gasteiger partial charge in [-0.1, -0.05) is 12.2 Å². The Kier molecular flexibility index (Phi) is 3.72. The van der Waals surface area contributed by atoms with Crippen molar-refractivity contribution in [3.8, 4) is 0 Å². The molecule has 0 aromatic carbocycles. The van der Waals surface area contributed by atoms with Crippen LogP contribution in [0.15, 0.2) is 12.2 Å². The van der Waals surface area contributed by atoms with E-state index in [0.717, 1.165) is 0 Å². The second-order valence-corrected chi connectivity index (χ2v) is 2.37. The number of aliphatic carboxylic acids is 1. The van der Waals surface area contributed by atoms with E-state index in [0.29, 0.717) is 0 Å². The van der Waals surface area contributed by atoms with E-state index in [9.17, 15) is 4.79 Å². The molecule has 10 heavy (non-hydrogen) atoms. The van der Waals surface area contributed by atoms with Crippen molar-refractivity contribution in [2.45, 2.75) is 19.9 Å². The molecule has 0 radical (unpaired) electrons. The van der Waals surface area contributed by atoms with Crippen molar-refractivity contribution in [2.75, 3.05) is 0 Å². The fraction of sp³-hybridized carbons (Fsp3) is 0.571. The van der Waals surface area contributed by atoms with Gasteiger partial charge in [-0.3, -0.25) is 4.79 Å². The minimum absolute atomic E-state index is 0.0678. The number of nitrogens with two attached hydrogens (primary N) is 1. The number of carboxylic acid groups (broad SMARTS) is 1. The third-order valence-corrected chi connectivity index (χ3v) is 1.09. The molecule has 0 rings (SSSR count). The van der Waals surface area contributed by atoms with Crippen LogP contribution < -0.4 is 5.73 Å². The van der Waals surface area contributed by atoms with Crippen molar-refractivity contribution in [3.63, 3.8) is 0 Å². The molecule has 3 N–H and O–H groups in total. The Balaban J connectivity index is 3.77. The zero-order valence-corrected chi connectivity index (χ0v) is 6.24. The van der Waals surface area contributed by atoms with Crippen LogP contribution >= 0.6 is 0 Å². The van der Waals surface area contributed by atoms with Gasteiger partial charge in [-0.2, -0.15) is 0 Å². The molecule has 0 bridgehead atoms. The van der Waals surface area contributed by atoms with Gasteiger partial charge in [-0.05, 0) is 13.8 Å². The Bertz CT molecular complexity index is 141. The Labute approximate surface area is 60.5 Å². The van der Waals surface area contributed by atoms with Crippen LogP contribution in [-0.2, 0) is 4.79 Å². The van der Waals surface area contributed by atoms with E-state index in [4.69, 9.17) is 10.8 Å². The van der Waals surface area contributed by atoms with Gasteiger partial charge in [0.25, 0.3) is 0 Å². The summed E-state index contributed by atoms with van der Waals surface area (Å²) in [6.07, 6.45) is 3.27. The maximum absolute atomic E-state index is 10.2. The molecule has 0 aliphatic rings. The van der Waals surface area contributed by atoms with Crippen molar-refractivity contribution < 1.29 is 9.90 Å². The summed E-state index contributed by atoms with van der Waals surface area (Å²) in [5.41, 5.74) is 5.36. The van der Waals surface area contributed by atoms with Crippen LogP contribution in [0.25, 0.3) is 0 Å². The highest BCUT2D eigenvalue weighted by Gasteiger charge is 2.04. The summed E-state index contributed by atoms with van der Waals surface area (Å²) in [6.45, 7) is 3.41. The van der Waals surface area contributed by atoms with Gasteiger partial charge >= 0.3 is 5.97 Å². The third kappa shape index (κ3) is 4.09. The summed E-state index contributed by atoms with van der Waals surface area (Å²) in [7, 11) is 0. The first-order valence-electron chi connectivity index (χ1n) is 3.20. The second-order valence-electron chi connectivity index (χ2n) is 2.37. The number of carbonyl (C=O) groups is 1. The highest BCUT2D eigenvalue weighted by Crippen LogP contribution is 1.96. The van der Waals surface area contributed by atoms with Crippen LogP contribution in [-0.4, -0.2) is 17.1 Å². The van der Waals surface area contributed by atoms with Crippen molar-refractivity contribution in [1.82, 2.24) is 0 Å². The molecule has 58 valence electrons. The largest absolute Gasteiger partial charge is 0.481 e. The lowest BCUT2D eigenvalue weighted by molar-refractivity contribution is -0.139. The predicted molar refractivity (Wildman–Crippen MR) is 39.6 cm³/mol. The van der Waals surface area contributed by atoms with Crippen molar-refractivity contribution in [1.29, 1.82) is 0 Å². The molecule has 0 aliphatic heterocycles. The molecule has 0 amide bonds. The Morgan fingerprint density at radius 3 is 2.30 bits per heavy atom. The number of rotatable bonds is 3. The number of carboxylic acids is 1. The predicted octanol–water partition coefficient (Wildman–Crippen LogP) is 0.611. The van der Waals surface area contributed by atoms with Crippen molar-refractivity contribution in [3.05, 3.63) is 12.2 Å². The van der Waals surface area contributed by atoms with Gasteiger partial charge in [-0.25, -0.2) is 0 Å². The summed E-state index contributed by atoms with van der Waals surface area (Å²) in [5, 5.41) is 8.40. The minimum atomic E-state index is -0.822. The number of hydrogen-bond donors (Lipinski definition) is 2. The summed E-state index contributed by atoms with van der Waals surface area (Å²) in [4.78, 5) is 10.2. The van der Waals surface area contributed by atoms with Gasteiger partial charge in [0.05, 0.1) is 5.92 Å². The van der Waals surface area contributed by atoms with Crippen LogP contribution in [0.4, 0.5) is 0 Å². The van der Waals surface area contributed by atoms with E-state index in [1.165, 1.54) is 0 Å². The minimum Gasteiger partial charge on any atom is -0.481 e. The maximum Gasteiger partial charge on any atom is 0.310 e. The Morgan fingerprint density at radius 1 is 1.50 bits per heavy atom. The Hall–Kier alpha value is -0.830. The fourth-order valence-electron chi connectivity index (χ4n) is 0.424. The molecule has 0 aromatic heterocycles.